The van der Waals surface area contributed by atoms with Crippen molar-refractivity contribution in [3.05, 3.63) is 83.2 Å². The molecule has 5 nitrogen and oxygen atoms in total. The Morgan fingerprint density at radius 2 is 1.77 bits per heavy atom. The maximum absolute atomic E-state index is 13.0. The molecule has 0 saturated carbocycles. The number of fused-ring (bicyclic) bond motifs is 1. The molecule has 4 rings (SSSR count). The number of ether oxygens (including phenoxy) is 2. The summed E-state index contributed by atoms with van der Waals surface area (Å²) in [7, 11) is 1.56. The van der Waals surface area contributed by atoms with Gasteiger partial charge in [-0.1, -0.05) is 24.3 Å². The lowest BCUT2D eigenvalue weighted by molar-refractivity contribution is 0.0320. The Balaban J connectivity index is 1.63. The summed E-state index contributed by atoms with van der Waals surface area (Å²) in [5.41, 5.74) is 2.24. The first-order chi connectivity index (χ1) is 14.6. The molecule has 0 saturated heterocycles. The van der Waals surface area contributed by atoms with Gasteiger partial charge in [0.05, 0.1) is 28.8 Å². The third kappa shape index (κ3) is 3.95. The maximum atomic E-state index is 13.0. The molecule has 2 heterocycles. The van der Waals surface area contributed by atoms with Crippen LogP contribution in [0.25, 0.3) is 21.5 Å². The number of benzene rings is 2. The molecule has 2 aromatic carbocycles. The Kier molecular flexibility index (Phi) is 5.59. The largest absolute Gasteiger partial charge is 0.497 e. The molecule has 0 unspecified atom stereocenters. The molecular formula is C24H19NO4S. The monoisotopic (exact) mass is 417 g/mol. The maximum Gasteiger partial charge on any atom is 0.339 e. The Bertz CT molecular complexity index is 1200. The molecule has 0 spiro atoms. The van der Waals surface area contributed by atoms with E-state index in [4.69, 9.17) is 9.47 Å². The van der Waals surface area contributed by atoms with Crippen molar-refractivity contribution in [1.82, 2.24) is 4.98 Å². The highest BCUT2D eigenvalue weighted by Gasteiger charge is 2.22. The summed E-state index contributed by atoms with van der Waals surface area (Å²) >= 11 is 1.55. The van der Waals surface area contributed by atoms with Gasteiger partial charge in [0.25, 0.3) is 0 Å². The van der Waals surface area contributed by atoms with Crippen molar-refractivity contribution >= 4 is 34.0 Å². The highest BCUT2D eigenvalue weighted by atomic mass is 32.1. The predicted molar refractivity (Wildman–Crippen MR) is 117 cm³/mol. The zero-order chi connectivity index (χ0) is 21.1. The van der Waals surface area contributed by atoms with Gasteiger partial charge < -0.3 is 9.47 Å². The van der Waals surface area contributed by atoms with Crippen molar-refractivity contribution in [2.24, 2.45) is 0 Å². The molecule has 4 aromatic rings. The van der Waals surface area contributed by atoms with Crippen molar-refractivity contribution in [3.8, 4) is 16.3 Å². The molecule has 0 aliphatic rings. The van der Waals surface area contributed by atoms with Gasteiger partial charge in [-0.2, -0.15) is 0 Å². The Hall–Kier alpha value is -3.51. The van der Waals surface area contributed by atoms with Crippen molar-refractivity contribution in [3.63, 3.8) is 0 Å². The third-order valence-electron chi connectivity index (χ3n) is 4.74. The van der Waals surface area contributed by atoms with E-state index in [1.165, 1.54) is 0 Å². The number of carbonyl (C=O) groups excluding carboxylic acids is 2. The summed E-state index contributed by atoms with van der Waals surface area (Å²) in [4.78, 5) is 31.3. The molecule has 0 bridgehead atoms. The van der Waals surface area contributed by atoms with Gasteiger partial charge in [-0.3, -0.25) is 4.79 Å². The average molecular weight is 417 g/mol. The van der Waals surface area contributed by atoms with Crippen LogP contribution >= 0.6 is 11.3 Å². The number of Topliss-reactive ketones (excluding diaryl/α,β-unsaturated/α-hetero) is 1. The van der Waals surface area contributed by atoms with Crippen LogP contribution in [0, 0.1) is 0 Å². The summed E-state index contributed by atoms with van der Waals surface area (Å²) in [5.74, 6) is -0.177. The number of thiophene rings is 1. The van der Waals surface area contributed by atoms with Crippen LogP contribution in [-0.2, 0) is 4.74 Å². The molecule has 0 N–H and O–H groups in total. The number of para-hydroxylation sites is 1. The van der Waals surface area contributed by atoms with Crippen LogP contribution < -0.4 is 4.74 Å². The summed E-state index contributed by atoms with van der Waals surface area (Å²) in [6.07, 6.45) is -0.928. The van der Waals surface area contributed by atoms with Crippen LogP contribution in [0.5, 0.6) is 5.75 Å². The number of hydrogen-bond acceptors (Lipinski definition) is 6. The molecule has 150 valence electrons. The second-order valence-corrected chi connectivity index (χ2v) is 7.64. The van der Waals surface area contributed by atoms with Crippen molar-refractivity contribution in [2.45, 2.75) is 13.0 Å². The Labute approximate surface area is 177 Å². The minimum Gasteiger partial charge on any atom is -0.497 e. The predicted octanol–water partition coefficient (Wildman–Crippen LogP) is 5.40. The number of aromatic nitrogens is 1. The van der Waals surface area contributed by atoms with Gasteiger partial charge in [0.1, 0.15) is 5.75 Å². The number of pyridine rings is 1. The number of esters is 1. The zero-order valence-electron chi connectivity index (χ0n) is 16.5. The topological polar surface area (TPSA) is 65.5 Å². The highest BCUT2D eigenvalue weighted by Crippen LogP contribution is 2.28. The molecule has 0 fully saturated rings. The van der Waals surface area contributed by atoms with Gasteiger partial charge in [0, 0.05) is 10.9 Å². The van der Waals surface area contributed by atoms with E-state index in [0.29, 0.717) is 33.5 Å². The number of ketones is 1. The fourth-order valence-electron chi connectivity index (χ4n) is 3.16. The van der Waals surface area contributed by atoms with E-state index in [-0.39, 0.29) is 5.78 Å². The number of nitrogens with zero attached hydrogens (tertiary/aromatic N) is 1. The Morgan fingerprint density at radius 1 is 1.00 bits per heavy atom. The summed E-state index contributed by atoms with van der Waals surface area (Å²) in [6.45, 7) is 1.58. The van der Waals surface area contributed by atoms with Gasteiger partial charge >= 0.3 is 5.97 Å². The smallest absolute Gasteiger partial charge is 0.339 e. The zero-order valence-corrected chi connectivity index (χ0v) is 17.3. The third-order valence-corrected chi connectivity index (χ3v) is 5.63. The van der Waals surface area contributed by atoms with Crippen molar-refractivity contribution in [2.75, 3.05) is 7.11 Å². The van der Waals surface area contributed by atoms with E-state index in [9.17, 15) is 9.59 Å². The number of rotatable bonds is 6. The molecule has 6 heteroatoms. The lowest BCUT2D eigenvalue weighted by atomic mass is 10.1. The quantitative estimate of drug-likeness (QED) is 0.310. The molecule has 30 heavy (non-hydrogen) atoms. The fraction of sp³-hybridized carbons (Fsp3) is 0.125. The minimum absolute atomic E-state index is 0.275. The average Bonchev–Trinajstić information content (AvgIpc) is 3.33. The second-order valence-electron chi connectivity index (χ2n) is 6.69. The number of hydrogen-bond donors (Lipinski definition) is 0. The van der Waals surface area contributed by atoms with Gasteiger partial charge in [-0.15, -0.1) is 11.3 Å². The molecule has 2 aromatic heterocycles. The van der Waals surface area contributed by atoms with E-state index in [1.807, 2.05) is 41.8 Å². The van der Waals surface area contributed by atoms with Crippen LogP contribution in [0.15, 0.2) is 72.1 Å². The van der Waals surface area contributed by atoms with Crippen molar-refractivity contribution in [1.29, 1.82) is 0 Å². The summed E-state index contributed by atoms with van der Waals surface area (Å²) in [6, 6.07) is 19.7. The molecule has 1 atom stereocenters. The van der Waals surface area contributed by atoms with Crippen LogP contribution in [0.3, 0.4) is 0 Å². The summed E-state index contributed by atoms with van der Waals surface area (Å²) < 4.78 is 10.7. The number of methoxy groups -OCH3 is 1. The lowest BCUT2D eigenvalue weighted by Crippen LogP contribution is -2.24. The first kappa shape index (κ1) is 19.8. The SMILES string of the molecule is COc1ccc(C(=O)[C@@H](C)OC(=O)c2cc(-c3cccs3)nc3ccccc23)cc1. The Morgan fingerprint density at radius 3 is 2.47 bits per heavy atom. The van der Waals surface area contributed by atoms with Crippen LogP contribution in [-0.4, -0.2) is 30.0 Å². The molecule has 0 aliphatic heterocycles. The van der Waals surface area contributed by atoms with Gasteiger partial charge in [0.2, 0.25) is 5.78 Å². The van der Waals surface area contributed by atoms with E-state index in [2.05, 4.69) is 4.98 Å². The first-order valence-electron chi connectivity index (χ1n) is 9.39. The lowest BCUT2D eigenvalue weighted by Gasteiger charge is -2.14. The van der Waals surface area contributed by atoms with E-state index in [1.54, 1.807) is 55.7 Å². The second kappa shape index (κ2) is 8.47. The van der Waals surface area contributed by atoms with E-state index >= 15 is 0 Å². The van der Waals surface area contributed by atoms with E-state index < -0.39 is 12.1 Å². The molecule has 0 aliphatic carbocycles. The minimum atomic E-state index is -0.928. The standard InChI is InChI=1S/C24H19NO4S/c1-15(23(26)16-9-11-17(28-2)12-10-16)29-24(27)19-14-21(22-8-5-13-30-22)25-20-7-4-3-6-18(19)20/h3-15H,1-2H3/t15-/m1/s1. The molecular weight excluding hydrogens is 398 g/mol. The summed E-state index contributed by atoms with van der Waals surface area (Å²) in [5, 5.41) is 2.65. The first-order valence-corrected chi connectivity index (χ1v) is 10.3. The van der Waals surface area contributed by atoms with Gasteiger partial charge in [-0.25, -0.2) is 9.78 Å². The fourth-order valence-corrected chi connectivity index (χ4v) is 3.85. The normalized spacial score (nSPS) is 11.8. The van der Waals surface area contributed by atoms with Crippen LogP contribution in [0.1, 0.15) is 27.6 Å². The van der Waals surface area contributed by atoms with E-state index in [0.717, 1.165) is 4.88 Å². The van der Waals surface area contributed by atoms with Crippen LogP contribution in [0.4, 0.5) is 0 Å². The molecule has 0 amide bonds. The number of carbonyl (C=O) groups is 2. The van der Waals surface area contributed by atoms with Gasteiger partial charge in [0.15, 0.2) is 6.10 Å². The molecule has 0 radical (unpaired) electrons. The highest BCUT2D eigenvalue weighted by molar-refractivity contribution is 7.13. The van der Waals surface area contributed by atoms with Crippen molar-refractivity contribution < 1.29 is 19.1 Å². The van der Waals surface area contributed by atoms with Gasteiger partial charge in [-0.05, 0) is 54.8 Å². The van der Waals surface area contributed by atoms with Crippen LogP contribution in [0.2, 0.25) is 0 Å².